The van der Waals surface area contributed by atoms with Crippen LogP contribution < -0.4 is 4.90 Å². The van der Waals surface area contributed by atoms with Gasteiger partial charge in [0, 0.05) is 30.8 Å². The molecule has 0 unspecified atom stereocenters. The van der Waals surface area contributed by atoms with Gasteiger partial charge in [-0.1, -0.05) is 19.0 Å². The molecule has 6 nitrogen and oxygen atoms in total. The summed E-state index contributed by atoms with van der Waals surface area (Å²) in [6, 6.07) is 3.91. The molecule has 1 aliphatic rings. The number of hydrogen-bond acceptors (Lipinski definition) is 6. The Hall–Kier alpha value is -1.95. The van der Waals surface area contributed by atoms with E-state index in [0.29, 0.717) is 5.89 Å². The van der Waals surface area contributed by atoms with E-state index in [1.165, 1.54) is 0 Å². The van der Waals surface area contributed by atoms with E-state index in [2.05, 4.69) is 47.7 Å². The van der Waals surface area contributed by atoms with Crippen LogP contribution in [0.5, 0.6) is 0 Å². The molecule has 0 atom stereocenters. The van der Waals surface area contributed by atoms with Crippen LogP contribution in [-0.4, -0.2) is 39.4 Å². The fourth-order valence-electron chi connectivity index (χ4n) is 3.26. The highest BCUT2D eigenvalue weighted by molar-refractivity contribution is 5.59. The van der Waals surface area contributed by atoms with Crippen LogP contribution >= 0.6 is 0 Å². The number of aromatic nitrogens is 3. The zero-order chi connectivity index (χ0) is 17.5. The fraction of sp³-hybridized carbons (Fsp3) is 0.611. The second-order valence-electron chi connectivity index (χ2n) is 7.99. The molecule has 2 aromatic rings. The van der Waals surface area contributed by atoms with Crippen LogP contribution in [0.25, 0.3) is 11.5 Å². The van der Waals surface area contributed by atoms with Crippen molar-refractivity contribution in [3.05, 3.63) is 24.2 Å². The maximum Gasteiger partial charge on any atom is 0.258 e. The van der Waals surface area contributed by atoms with Crippen molar-refractivity contribution in [3.8, 4) is 11.5 Å². The van der Waals surface area contributed by atoms with Crippen molar-refractivity contribution >= 4 is 5.82 Å². The lowest BCUT2D eigenvalue weighted by Gasteiger charge is -2.47. The van der Waals surface area contributed by atoms with Crippen molar-refractivity contribution in [2.45, 2.75) is 58.7 Å². The van der Waals surface area contributed by atoms with Crippen LogP contribution in [0.4, 0.5) is 5.82 Å². The SMILES string of the molecule is CC(C)c1noc(-c2ccnc(N3CC(C)(C)OC(C)(C)C3)c2)n1. The number of ether oxygens (including phenoxy) is 1. The van der Waals surface area contributed by atoms with Crippen molar-refractivity contribution < 1.29 is 9.26 Å². The van der Waals surface area contributed by atoms with Gasteiger partial charge in [0.25, 0.3) is 5.89 Å². The molecule has 0 radical (unpaired) electrons. The van der Waals surface area contributed by atoms with E-state index in [1.807, 2.05) is 26.0 Å². The molecule has 24 heavy (non-hydrogen) atoms. The highest BCUT2D eigenvalue weighted by atomic mass is 16.5. The minimum Gasteiger partial charge on any atom is -0.366 e. The average Bonchev–Trinajstić information content (AvgIpc) is 2.94. The molecular weight excluding hydrogens is 304 g/mol. The Morgan fingerprint density at radius 1 is 1.12 bits per heavy atom. The van der Waals surface area contributed by atoms with Gasteiger partial charge >= 0.3 is 0 Å². The fourth-order valence-corrected chi connectivity index (χ4v) is 3.26. The molecule has 1 saturated heterocycles. The Bertz CT molecular complexity index is 705. The van der Waals surface area contributed by atoms with E-state index in [4.69, 9.17) is 9.26 Å². The van der Waals surface area contributed by atoms with Gasteiger partial charge in [0.1, 0.15) is 5.82 Å². The Balaban J connectivity index is 1.89. The molecular formula is C18H26N4O2. The van der Waals surface area contributed by atoms with E-state index >= 15 is 0 Å². The Labute approximate surface area is 143 Å². The maximum atomic E-state index is 6.15. The van der Waals surface area contributed by atoms with Gasteiger partial charge in [0.2, 0.25) is 0 Å². The van der Waals surface area contributed by atoms with Crippen molar-refractivity contribution in [1.29, 1.82) is 0 Å². The van der Waals surface area contributed by atoms with E-state index in [-0.39, 0.29) is 17.1 Å². The molecule has 3 rings (SSSR count). The molecule has 0 N–H and O–H groups in total. The molecule has 130 valence electrons. The van der Waals surface area contributed by atoms with Gasteiger partial charge in [-0.15, -0.1) is 0 Å². The third-order valence-electron chi connectivity index (χ3n) is 3.97. The average molecular weight is 330 g/mol. The Morgan fingerprint density at radius 3 is 2.38 bits per heavy atom. The number of morpholine rings is 1. The van der Waals surface area contributed by atoms with Crippen LogP contribution in [0.15, 0.2) is 22.9 Å². The maximum absolute atomic E-state index is 6.15. The monoisotopic (exact) mass is 330 g/mol. The zero-order valence-corrected chi connectivity index (χ0v) is 15.3. The normalized spacial score (nSPS) is 19.7. The standard InChI is InChI=1S/C18H26N4O2/c1-12(2)15-20-16(23-21-15)13-7-8-19-14(9-13)22-10-17(3,4)24-18(5,6)11-22/h7-9,12H,10-11H2,1-6H3. The second-order valence-corrected chi connectivity index (χ2v) is 7.99. The molecule has 0 bridgehead atoms. The minimum atomic E-state index is -0.227. The van der Waals surface area contributed by atoms with Crippen LogP contribution in [0.3, 0.4) is 0 Å². The number of nitrogens with zero attached hydrogens (tertiary/aromatic N) is 4. The Kier molecular flexibility index (Phi) is 4.11. The summed E-state index contributed by atoms with van der Waals surface area (Å²) in [5.74, 6) is 2.40. The summed E-state index contributed by atoms with van der Waals surface area (Å²) < 4.78 is 11.6. The lowest BCUT2D eigenvalue weighted by molar-refractivity contribution is -0.133. The second kappa shape index (κ2) is 5.84. The molecule has 0 amide bonds. The van der Waals surface area contributed by atoms with Gasteiger partial charge in [-0.2, -0.15) is 4.98 Å². The van der Waals surface area contributed by atoms with Crippen molar-refractivity contribution in [1.82, 2.24) is 15.1 Å². The summed E-state index contributed by atoms with van der Waals surface area (Å²) in [5, 5.41) is 4.04. The van der Waals surface area contributed by atoms with Crippen LogP contribution in [0.2, 0.25) is 0 Å². The summed E-state index contributed by atoms with van der Waals surface area (Å²) in [6.07, 6.45) is 1.79. The van der Waals surface area contributed by atoms with Gasteiger partial charge in [-0.25, -0.2) is 4.98 Å². The van der Waals surface area contributed by atoms with Crippen molar-refractivity contribution in [2.24, 2.45) is 0 Å². The molecule has 6 heteroatoms. The topological polar surface area (TPSA) is 64.3 Å². The summed E-state index contributed by atoms with van der Waals surface area (Å²) in [7, 11) is 0. The summed E-state index contributed by atoms with van der Waals surface area (Å²) in [6.45, 7) is 14.1. The van der Waals surface area contributed by atoms with E-state index in [0.717, 1.165) is 30.3 Å². The smallest absolute Gasteiger partial charge is 0.258 e. The van der Waals surface area contributed by atoms with E-state index in [9.17, 15) is 0 Å². The lowest BCUT2D eigenvalue weighted by atomic mass is 9.99. The van der Waals surface area contributed by atoms with Crippen LogP contribution in [-0.2, 0) is 4.74 Å². The summed E-state index contributed by atoms with van der Waals surface area (Å²) >= 11 is 0. The highest BCUT2D eigenvalue weighted by Crippen LogP contribution is 2.32. The zero-order valence-electron chi connectivity index (χ0n) is 15.3. The van der Waals surface area contributed by atoms with Crippen molar-refractivity contribution in [3.63, 3.8) is 0 Å². The molecule has 0 saturated carbocycles. The molecule has 1 fully saturated rings. The quantitative estimate of drug-likeness (QED) is 0.856. The predicted octanol–water partition coefficient (Wildman–Crippen LogP) is 3.65. The van der Waals surface area contributed by atoms with Gasteiger partial charge in [-0.05, 0) is 39.8 Å². The van der Waals surface area contributed by atoms with Gasteiger partial charge < -0.3 is 14.2 Å². The molecule has 0 aliphatic carbocycles. The number of pyridine rings is 1. The largest absolute Gasteiger partial charge is 0.366 e. The molecule has 3 heterocycles. The Morgan fingerprint density at radius 2 is 1.79 bits per heavy atom. The first kappa shape index (κ1) is 16.9. The third-order valence-corrected chi connectivity index (χ3v) is 3.97. The molecule has 2 aromatic heterocycles. The summed E-state index contributed by atoms with van der Waals surface area (Å²) in [4.78, 5) is 11.3. The first-order valence-corrected chi connectivity index (χ1v) is 8.40. The third kappa shape index (κ3) is 3.59. The van der Waals surface area contributed by atoms with Crippen molar-refractivity contribution in [2.75, 3.05) is 18.0 Å². The first-order valence-electron chi connectivity index (χ1n) is 8.40. The summed E-state index contributed by atoms with van der Waals surface area (Å²) in [5.41, 5.74) is 0.435. The van der Waals surface area contributed by atoms with Gasteiger partial charge in [0.05, 0.1) is 11.2 Å². The van der Waals surface area contributed by atoms with Crippen LogP contribution in [0, 0.1) is 0 Å². The predicted molar refractivity (Wildman–Crippen MR) is 93.1 cm³/mol. The van der Waals surface area contributed by atoms with Gasteiger partial charge in [-0.3, -0.25) is 0 Å². The molecule has 0 spiro atoms. The van der Waals surface area contributed by atoms with E-state index < -0.39 is 0 Å². The van der Waals surface area contributed by atoms with E-state index in [1.54, 1.807) is 6.20 Å². The highest BCUT2D eigenvalue weighted by Gasteiger charge is 2.38. The molecule has 0 aromatic carbocycles. The molecule has 1 aliphatic heterocycles. The van der Waals surface area contributed by atoms with Gasteiger partial charge in [0.15, 0.2) is 5.82 Å². The van der Waals surface area contributed by atoms with Crippen LogP contribution in [0.1, 0.15) is 53.3 Å². The first-order chi connectivity index (χ1) is 11.2. The number of rotatable bonds is 3. The minimum absolute atomic E-state index is 0.227. The number of anilines is 1. The number of hydrogen-bond donors (Lipinski definition) is 0. The lowest BCUT2D eigenvalue weighted by Crippen LogP contribution is -2.57.